The minimum absolute atomic E-state index is 0.202. The summed E-state index contributed by atoms with van der Waals surface area (Å²) in [4.78, 5) is 20.1. The third-order valence-electron chi connectivity index (χ3n) is 5.21. The first-order valence-corrected chi connectivity index (χ1v) is 11.2. The number of hydrogen-bond donors (Lipinski definition) is 1. The summed E-state index contributed by atoms with van der Waals surface area (Å²) in [7, 11) is 0. The Morgan fingerprint density at radius 1 is 1.16 bits per heavy atom. The Morgan fingerprint density at radius 2 is 1.87 bits per heavy atom. The van der Waals surface area contributed by atoms with Crippen LogP contribution in [0, 0.1) is 5.82 Å². The van der Waals surface area contributed by atoms with Crippen molar-refractivity contribution in [2.75, 3.05) is 18.4 Å². The van der Waals surface area contributed by atoms with E-state index in [2.05, 4.69) is 29.0 Å². The van der Waals surface area contributed by atoms with Crippen molar-refractivity contribution in [3.8, 4) is 0 Å². The number of rotatable bonds is 6. The second-order valence-electron chi connectivity index (χ2n) is 8.00. The molecule has 0 radical (unpaired) electrons. The first-order chi connectivity index (χ1) is 15.0. The summed E-state index contributed by atoms with van der Waals surface area (Å²) in [5, 5.41) is 3.35. The zero-order valence-corrected chi connectivity index (χ0v) is 18.5. The predicted octanol–water partition coefficient (Wildman–Crippen LogP) is 4.73. The zero-order valence-electron chi connectivity index (χ0n) is 17.7. The predicted molar refractivity (Wildman–Crippen MR) is 121 cm³/mol. The number of carbonyl (C=O) groups is 1. The first kappa shape index (κ1) is 21.6. The van der Waals surface area contributed by atoms with Crippen LogP contribution in [0.1, 0.15) is 40.2 Å². The number of ether oxygens (including phenoxy) is 1. The van der Waals surface area contributed by atoms with Gasteiger partial charge in [0.1, 0.15) is 5.82 Å². The number of thiazole rings is 1. The molecule has 1 fully saturated rings. The van der Waals surface area contributed by atoms with Crippen LogP contribution in [0.2, 0.25) is 0 Å². The van der Waals surface area contributed by atoms with E-state index in [1.807, 2.05) is 30.3 Å². The van der Waals surface area contributed by atoms with Crippen LogP contribution < -0.4 is 5.32 Å². The van der Waals surface area contributed by atoms with E-state index in [1.54, 1.807) is 18.3 Å². The Hall–Kier alpha value is -2.61. The minimum Gasteiger partial charge on any atom is -0.373 e. The molecule has 0 aliphatic carbocycles. The van der Waals surface area contributed by atoms with Gasteiger partial charge < -0.3 is 4.74 Å². The summed E-state index contributed by atoms with van der Waals surface area (Å²) in [5.41, 5.74) is 2.36. The Balaban J connectivity index is 1.34. The molecule has 3 aromatic rings. The lowest BCUT2D eigenvalue weighted by Crippen LogP contribution is -2.44. The average Bonchev–Trinajstić information content (AvgIpc) is 3.16. The molecule has 2 heterocycles. The lowest BCUT2D eigenvalue weighted by Gasteiger charge is -2.35. The van der Waals surface area contributed by atoms with E-state index in [1.165, 1.54) is 23.0 Å². The van der Waals surface area contributed by atoms with Gasteiger partial charge in [0.25, 0.3) is 5.91 Å². The summed E-state index contributed by atoms with van der Waals surface area (Å²) >= 11 is 1.36. The number of carbonyl (C=O) groups excluding carboxylic acids is 1. The molecule has 4 rings (SSSR count). The third-order valence-corrected chi connectivity index (χ3v) is 6.13. The van der Waals surface area contributed by atoms with Crippen LogP contribution in [-0.4, -0.2) is 41.1 Å². The first-order valence-electron chi connectivity index (χ1n) is 10.4. The molecule has 1 N–H and O–H groups in total. The van der Waals surface area contributed by atoms with Crippen molar-refractivity contribution in [3.05, 3.63) is 82.1 Å². The van der Waals surface area contributed by atoms with E-state index < -0.39 is 0 Å². The number of nitrogens with one attached hydrogen (secondary N) is 1. The minimum atomic E-state index is -0.234. The Morgan fingerprint density at radius 3 is 2.58 bits per heavy atom. The number of halogens is 1. The number of anilines is 1. The normalized spacial score (nSPS) is 19.3. The fourth-order valence-corrected chi connectivity index (χ4v) is 4.71. The van der Waals surface area contributed by atoms with Crippen LogP contribution >= 0.6 is 11.3 Å². The highest BCUT2D eigenvalue weighted by molar-refractivity contribution is 7.15. The second-order valence-corrected chi connectivity index (χ2v) is 9.12. The maximum absolute atomic E-state index is 13.8. The molecule has 0 bridgehead atoms. The molecule has 1 amide bonds. The van der Waals surface area contributed by atoms with E-state index >= 15 is 0 Å². The Bertz CT molecular complexity index is 1030. The lowest BCUT2D eigenvalue weighted by molar-refractivity contribution is -0.0704. The van der Waals surface area contributed by atoms with Crippen molar-refractivity contribution < 1.29 is 13.9 Å². The van der Waals surface area contributed by atoms with E-state index in [-0.39, 0.29) is 23.9 Å². The van der Waals surface area contributed by atoms with Crippen LogP contribution in [0.4, 0.5) is 9.52 Å². The number of hydrogen-bond acceptors (Lipinski definition) is 5. The van der Waals surface area contributed by atoms with Crippen molar-refractivity contribution in [1.29, 1.82) is 0 Å². The van der Waals surface area contributed by atoms with Gasteiger partial charge in [0.2, 0.25) is 0 Å². The fourth-order valence-electron chi connectivity index (χ4n) is 3.88. The molecule has 0 spiro atoms. The molecule has 5 nitrogen and oxygen atoms in total. The van der Waals surface area contributed by atoms with Crippen molar-refractivity contribution in [2.24, 2.45) is 0 Å². The molecule has 0 saturated carbocycles. The standard InChI is InChI=1S/C24H26FN3O2S/c1-16-13-28(14-17(2)30-16)15-18-7-9-19(10-8-18)23(29)27-24-26-12-21(31-24)11-20-5-3-4-6-22(20)25/h3-10,12,16-17H,11,13-15H2,1-2H3,(H,26,27,29). The maximum atomic E-state index is 13.8. The molecule has 7 heteroatoms. The van der Waals surface area contributed by atoms with Gasteiger partial charge in [0, 0.05) is 42.7 Å². The summed E-state index contributed by atoms with van der Waals surface area (Å²) in [6.45, 7) is 6.84. The van der Waals surface area contributed by atoms with Crippen LogP contribution in [-0.2, 0) is 17.7 Å². The van der Waals surface area contributed by atoms with Gasteiger partial charge in [-0.2, -0.15) is 0 Å². The van der Waals surface area contributed by atoms with Crippen molar-refractivity contribution >= 4 is 22.4 Å². The van der Waals surface area contributed by atoms with Gasteiger partial charge in [-0.3, -0.25) is 15.0 Å². The highest BCUT2D eigenvalue weighted by atomic mass is 32.1. The second kappa shape index (κ2) is 9.68. The molecule has 1 aliphatic heterocycles. The molecular weight excluding hydrogens is 413 g/mol. The summed E-state index contributed by atoms with van der Waals surface area (Å²) in [6.07, 6.45) is 2.60. The Kier molecular flexibility index (Phi) is 6.75. The molecule has 1 aliphatic rings. The molecule has 2 atom stereocenters. The van der Waals surface area contributed by atoms with Gasteiger partial charge in [0.15, 0.2) is 5.13 Å². The number of benzene rings is 2. The maximum Gasteiger partial charge on any atom is 0.257 e. The van der Waals surface area contributed by atoms with Gasteiger partial charge in [-0.05, 0) is 43.2 Å². The highest BCUT2D eigenvalue weighted by Gasteiger charge is 2.22. The third kappa shape index (κ3) is 5.76. The highest BCUT2D eigenvalue weighted by Crippen LogP contribution is 2.23. The van der Waals surface area contributed by atoms with Crippen LogP contribution in [0.25, 0.3) is 0 Å². The number of aromatic nitrogens is 1. The number of morpholine rings is 1. The summed E-state index contributed by atoms with van der Waals surface area (Å²) in [5.74, 6) is -0.436. The monoisotopic (exact) mass is 439 g/mol. The number of nitrogens with zero attached hydrogens (tertiary/aromatic N) is 2. The van der Waals surface area contributed by atoms with E-state index in [0.717, 1.165) is 24.5 Å². The van der Waals surface area contributed by atoms with Gasteiger partial charge in [0.05, 0.1) is 12.2 Å². The fraction of sp³-hybridized carbons (Fsp3) is 0.333. The summed E-state index contributed by atoms with van der Waals surface area (Å²) < 4.78 is 19.6. The Labute approximate surface area is 185 Å². The van der Waals surface area contributed by atoms with Gasteiger partial charge in [-0.1, -0.05) is 30.3 Å². The zero-order chi connectivity index (χ0) is 21.8. The average molecular weight is 440 g/mol. The quantitative estimate of drug-likeness (QED) is 0.603. The van der Waals surface area contributed by atoms with Crippen molar-refractivity contribution in [3.63, 3.8) is 0 Å². The molecule has 2 aromatic carbocycles. The number of amides is 1. The van der Waals surface area contributed by atoms with Gasteiger partial charge >= 0.3 is 0 Å². The SMILES string of the molecule is CC1CN(Cc2ccc(C(=O)Nc3ncc(Cc4ccccc4F)s3)cc2)CC(C)O1. The molecule has 31 heavy (non-hydrogen) atoms. The van der Waals surface area contributed by atoms with Crippen LogP contribution in [0.5, 0.6) is 0 Å². The van der Waals surface area contributed by atoms with E-state index in [9.17, 15) is 9.18 Å². The molecule has 162 valence electrons. The molecule has 2 unspecified atom stereocenters. The van der Waals surface area contributed by atoms with E-state index in [4.69, 9.17) is 4.74 Å². The molecule has 1 aromatic heterocycles. The summed E-state index contributed by atoms with van der Waals surface area (Å²) in [6, 6.07) is 14.3. The topological polar surface area (TPSA) is 54.5 Å². The molecular formula is C24H26FN3O2S. The lowest BCUT2D eigenvalue weighted by atomic mass is 10.1. The van der Waals surface area contributed by atoms with Crippen molar-refractivity contribution in [1.82, 2.24) is 9.88 Å². The smallest absolute Gasteiger partial charge is 0.257 e. The largest absolute Gasteiger partial charge is 0.373 e. The molecule has 1 saturated heterocycles. The van der Waals surface area contributed by atoms with E-state index in [0.29, 0.717) is 22.7 Å². The van der Waals surface area contributed by atoms with Gasteiger partial charge in [-0.15, -0.1) is 11.3 Å². The van der Waals surface area contributed by atoms with Gasteiger partial charge in [-0.25, -0.2) is 9.37 Å². The van der Waals surface area contributed by atoms with Crippen molar-refractivity contribution in [2.45, 2.75) is 39.0 Å². The van der Waals surface area contributed by atoms with Crippen LogP contribution in [0.15, 0.2) is 54.7 Å². The van der Waals surface area contributed by atoms with Crippen LogP contribution in [0.3, 0.4) is 0 Å².